The first kappa shape index (κ1) is 66.4. The first-order valence-electron chi connectivity index (χ1n) is 30.1. The van der Waals surface area contributed by atoms with Gasteiger partial charge in [0.15, 0.2) is 37.4 Å². The zero-order chi connectivity index (χ0) is 62.9. The number of rotatable bonds is 13. The summed E-state index contributed by atoms with van der Waals surface area (Å²) in [5.74, 6) is -3.62. The van der Waals surface area contributed by atoms with Crippen LogP contribution in [-0.4, -0.2) is 268 Å². The van der Waals surface area contributed by atoms with Gasteiger partial charge in [-0.1, -0.05) is 53.2 Å². The Morgan fingerprint density at radius 2 is 1.20 bits per heavy atom. The highest BCUT2D eigenvalue weighted by atomic mass is 16.8. The van der Waals surface area contributed by atoms with Gasteiger partial charge in [0.2, 0.25) is 6.29 Å². The third kappa shape index (κ3) is 10.7. The summed E-state index contributed by atoms with van der Waals surface area (Å²) in [4.78, 5) is 41.7. The van der Waals surface area contributed by atoms with Crippen molar-refractivity contribution in [1.82, 2.24) is 0 Å². The van der Waals surface area contributed by atoms with Gasteiger partial charge in [-0.25, -0.2) is 4.79 Å². The summed E-state index contributed by atoms with van der Waals surface area (Å²) in [6, 6.07) is 0. The Balaban J connectivity index is 0.887. The number of ether oxygens (including phenoxy) is 10. The topological polar surface area (TPSA) is 447 Å². The maximum absolute atomic E-state index is 15.4. The predicted octanol–water partition coefficient (Wildman–Crippen LogP) is -3.66. The molecule has 86 heavy (non-hydrogen) atoms. The lowest BCUT2D eigenvalue weighted by molar-refractivity contribution is -0.373. The van der Waals surface area contributed by atoms with E-state index in [-0.39, 0.29) is 30.6 Å². The number of hydrogen-bond acceptors (Lipinski definition) is 27. The summed E-state index contributed by atoms with van der Waals surface area (Å²) < 4.78 is 59.0. The van der Waals surface area contributed by atoms with Crippen molar-refractivity contribution < 1.29 is 138 Å². The molecule has 5 aliphatic carbocycles. The highest BCUT2D eigenvalue weighted by Gasteiger charge is 2.73. The largest absolute Gasteiger partial charge is 0.479 e. The van der Waals surface area contributed by atoms with Crippen LogP contribution in [0.5, 0.6) is 0 Å². The molecule has 28 heteroatoms. The van der Waals surface area contributed by atoms with Gasteiger partial charge in [-0.15, -0.1) is 0 Å². The molecule has 4 saturated carbocycles. The number of allylic oxidation sites excluding steroid dienone is 2. The maximum Gasteiger partial charge on any atom is 0.335 e. The molecule has 33 atom stereocenters. The molecule has 9 fully saturated rings. The number of aldehydes is 1. The van der Waals surface area contributed by atoms with Crippen molar-refractivity contribution in [1.29, 1.82) is 0 Å². The highest BCUT2D eigenvalue weighted by molar-refractivity contribution is 5.80. The number of hydrogen-bond donors (Lipinski definition) is 15. The Morgan fingerprint density at radius 1 is 0.605 bits per heavy atom. The number of carboxylic acids is 1. The third-order valence-corrected chi connectivity index (χ3v) is 22.7. The summed E-state index contributed by atoms with van der Waals surface area (Å²) in [5, 5.41) is 163. The fraction of sp³-hybridized carbons (Fsp3) is 0.914. The highest BCUT2D eigenvalue weighted by Crippen LogP contribution is 2.76. The van der Waals surface area contributed by atoms with Crippen LogP contribution in [-0.2, 0) is 61.8 Å². The lowest BCUT2D eigenvalue weighted by Crippen LogP contribution is -2.69. The van der Waals surface area contributed by atoms with Gasteiger partial charge < -0.3 is 129 Å². The van der Waals surface area contributed by atoms with Crippen molar-refractivity contribution in [3.63, 3.8) is 0 Å². The second-order valence-electron chi connectivity index (χ2n) is 28.0. The molecule has 0 bridgehead atoms. The molecule has 5 aliphatic heterocycles. The van der Waals surface area contributed by atoms with E-state index in [9.17, 15) is 86.2 Å². The van der Waals surface area contributed by atoms with Crippen LogP contribution < -0.4 is 0 Å². The van der Waals surface area contributed by atoms with E-state index in [4.69, 9.17) is 47.4 Å². The van der Waals surface area contributed by atoms with E-state index in [2.05, 4.69) is 40.7 Å². The van der Waals surface area contributed by atoms with Crippen LogP contribution in [0, 0.1) is 50.2 Å². The number of aliphatic hydroxyl groups is 14. The Hall–Kier alpha value is -2.57. The summed E-state index contributed by atoms with van der Waals surface area (Å²) in [7, 11) is 0. The molecule has 10 aliphatic rings. The molecular formula is C58H90O28. The SMILES string of the molecule is C[C@H]1O[C@H](O[C@H]2[C@@H](OC(=O)[C@@]34CCC(C)(C)C[C@@H]3C3=CC[C@H]5[C@]6(C)CC[C@H](O[C@@H]7O[C@H](C(=O)O)[C@@H](O)[C@@H](O)[C@H]7O[C@@H]7O[C@@H](CO)[C@@H](O)[C@@H](O)[C@@H]7O)[C@@](C)(C=O)[C@H]6CC[C@@]5(C)[C@]3(C)C[C@H]4O)OC[C@@H](O)[C@H]2O)[C@H](O)[C@H](O)[C@@H]1O[C@@H]1OC[C@H](O)[C@@H](O)[C@H]1O. The van der Waals surface area contributed by atoms with E-state index in [1.54, 1.807) is 6.92 Å². The number of carbonyl (C=O) groups excluding carboxylic acids is 2. The molecule has 0 spiro atoms. The van der Waals surface area contributed by atoms with E-state index in [1.807, 2.05) is 0 Å². The monoisotopic (exact) mass is 1230 g/mol. The Morgan fingerprint density at radius 3 is 1.85 bits per heavy atom. The van der Waals surface area contributed by atoms with Crippen LogP contribution in [0.2, 0.25) is 0 Å². The van der Waals surface area contributed by atoms with Crippen molar-refractivity contribution in [2.24, 2.45) is 50.2 Å². The second-order valence-corrected chi connectivity index (χ2v) is 28.0. The fourth-order valence-electron chi connectivity index (χ4n) is 17.3. The van der Waals surface area contributed by atoms with Crippen molar-refractivity contribution in [2.45, 2.75) is 260 Å². The van der Waals surface area contributed by atoms with Gasteiger partial charge in [0.05, 0.1) is 43.5 Å². The predicted molar refractivity (Wildman–Crippen MR) is 284 cm³/mol. The molecular weight excluding hydrogens is 1140 g/mol. The number of esters is 1. The Bertz CT molecular complexity index is 2490. The zero-order valence-electron chi connectivity index (χ0n) is 49.3. The van der Waals surface area contributed by atoms with Crippen LogP contribution >= 0.6 is 0 Å². The number of carbonyl (C=O) groups is 3. The van der Waals surface area contributed by atoms with Gasteiger partial charge in [-0.05, 0) is 104 Å². The summed E-state index contributed by atoms with van der Waals surface area (Å²) in [6.45, 7) is 12.1. The average Bonchev–Trinajstić information content (AvgIpc) is 0.676. The van der Waals surface area contributed by atoms with Crippen LogP contribution in [0.3, 0.4) is 0 Å². The second kappa shape index (κ2) is 24.2. The van der Waals surface area contributed by atoms with Crippen molar-refractivity contribution >= 4 is 18.2 Å². The van der Waals surface area contributed by atoms with Crippen LogP contribution in [0.1, 0.15) is 106 Å². The summed E-state index contributed by atoms with van der Waals surface area (Å²) in [5.41, 5.74) is -4.17. The fourth-order valence-corrected chi connectivity index (χ4v) is 17.3. The average molecular weight is 1240 g/mol. The van der Waals surface area contributed by atoms with Crippen molar-refractivity contribution in [3.05, 3.63) is 11.6 Å². The molecule has 5 heterocycles. The van der Waals surface area contributed by atoms with Crippen molar-refractivity contribution in [2.75, 3.05) is 19.8 Å². The molecule has 10 rings (SSSR count). The van der Waals surface area contributed by atoms with E-state index >= 15 is 4.79 Å². The van der Waals surface area contributed by atoms with Gasteiger partial charge in [0.25, 0.3) is 0 Å². The van der Waals surface area contributed by atoms with Gasteiger partial charge >= 0.3 is 11.9 Å². The number of carboxylic acid groups (broad SMARTS) is 1. The Kier molecular flexibility index (Phi) is 18.6. The molecule has 490 valence electrons. The van der Waals surface area contributed by atoms with Crippen LogP contribution in [0.25, 0.3) is 0 Å². The van der Waals surface area contributed by atoms with E-state index < -0.39 is 224 Å². The molecule has 0 aromatic carbocycles. The molecule has 0 aromatic rings. The lowest BCUT2D eigenvalue weighted by Gasteiger charge is -2.71. The number of aliphatic carboxylic acids is 1. The smallest absolute Gasteiger partial charge is 0.335 e. The molecule has 5 saturated heterocycles. The molecule has 0 unspecified atom stereocenters. The molecule has 28 nitrogen and oxygen atoms in total. The third-order valence-electron chi connectivity index (χ3n) is 22.7. The Labute approximate surface area is 496 Å². The van der Waals surface area contributed by atoms with Gasteiger partial charge in [-0.2, -0.15) is 0 Å². The molecule has 0 amide bonds. The molecule has 0 radical (unpaired) electrons. The van der Waals surface area contributed by atoms with Gasteiger partial charge in [0, 0.05) is 0 Å². The van der Waals surface area contributed by atoms with Crippen LogP contribution in [0.4, 0.5) is 0 Å². The maximum atomic E-state index is 15.4. The quantitative estimate of drug-likeness (QED) is 0.0366. The summed E-state index contributed by atoms with van der Waals surface area (Å²) in [6.07, 6.45) is -35.8. The molecule has 0 aromatic heterocycles. The van der Waals surface area contributed by atoms with Crippen molar-refractivity contribution in [3.8, 4) is 0 Å². The van der Waals surface area contributed by atoms with E-state index in [0.29, 0.717) is 38.5 Å². The summed E-state index contributed by atoms with van der Waals surface area (Å²) >= 11 is 0. The van der Waals surface area contributed by atoms with E-state index in [0.717, 1.165) is 11.9 Å². The first-order valence-corrected chi connectivity index (χ1v) is 30.1. The molecule has 15 N–H and O–H groups in total. The normalized spacial score (nSPS) is 54.6. The van der Waals surface area contributed by atoms with Gasteiger partial charge in [0.1, 0.15) is 103 Å². The minimum absolute atomic E-state index is 0.111. The lowest BCUT2D eigenvalue weighted by atomic mass is 9.33. The standard InChI is InChI=1S/C58H90O28/c1-22-42(82-47-39(71)32(64)25(61)19-77-47)38(70)41(73)48(79-22)84-44-33(65)26(62)20-78-50(44)86-52(76)58-15-14-53(2,3)16-24(58)23-8-9-29-54(4)12-11-31(55(5,21-60)28(54)10-13-56(29,6)57(23,7)17-30(58)63)81-51-45(37(69)36(68)43(83-51)46(74)75)85-49-40(72)35(67)34(66)27(18-59)80-49/h8,21-22,24-45,47-51,59,61-73H,9-20H2,1-7H3,(H,74,75)/t22-,24-,25+,26-,27+,28+,29+,30-,31+,32-,33-,34-,35-,36+,37-,38+,39-,40+,41-,42-,43+,44-,45-,47+,48-,49+,50-,51-,54-,55+,56-,57-,58+/m1/s1. The van der Waals surface area contributed by atoms with Gasteiger partial charge in [-0.3, -0.25) is 4.79 Å². The zero-order valence-corrected chi connectivity index (χ0v) is 49.3. The number of aliphatic hydroxyl groups excluding tert-OH is 14. The van der Waals surface area contributed by atoms with Crippen LogP contribution in [0.15, 0.2) is 11.6 Å². The van der Waals surface area contributed by atoms with E-state index in [1.165, 1.54) is 6.92 Å². The first-order chi connectivity index (χ1) is 40.2. The minimum atomic E-state index is -2.10. The number of fused-ring (bicyclic) bond motifs is 7. The minimum Gasteiger partial charge on any atom is -0.479 e.